The average molecular weight is 261 g/mol. The molecule has 0 bridgehead atoms. The first-order chi connectivity index (χ1) is 9.79. The number of imidazole rings is 1. The van der Waals surface area contributed by atoms with Gasteiger partial charge in [-0.05, 0) is 19.1 Å². The van der Waals surface area contributed by atoms with Crippen LogP contribution in [0.1, 0.15) is 12.0 Å². The number of aryl methyl sites for hydroxylation is 2. The molecule has 3 rings (SSSR count). The van der Waals surface area contributed by atoms with Gasteiger partial charge in [-0.15, -0.1) is 0 Å². The molecule has 0 saturated heterocycles. The summed E-state index contributed by atoms with van der Waals surface area (Å²) in [7, 11) is 0. The van der Waals surface area contributed by atoms with Crippen LogP contribution in [0.25, 0.3) is 22.4 Å². The van der Waals surface area contributed by atoms with Gasteiger partial charge in [0.05, 0.1) is 23.5 Å². The molecule has 0 unspecified atom stereocenters. The van der Waals surface area contributed by atoms with Gasteiger partial charge in [0.1, 0.15) is 5.82 Å². The summed E-state index contributed by atoms with van der Waals surface area (Å²) < 4.78 is 2.13. The maximum Gasteiger partial charge on any atom is 0.141 e. The summed E-state index contributed by atoms with van der Waals surface area (Å²) in [6.07, 6.45) is 0.485. The number of hydrogen-bond acceptors (Lipinski definition) is 2. The first-order valence-electron chi connectivity index (χ1n) is 6.69. The Morgan fingerprint density at radius 1 is 1.10 bits per heavy atom. The molecule has 3 nitrogen and oxygen atoms in total. The van der Waals surface area contributed by atoms with E-state index in [2.05, 4.69) is 47.9 Å². The molecular weight excluding hydrogens is 246 g/mol. The van der Waals surface area contributed by atoms with Gasteiger partial charge in [0.25, 0.3) is 0 Å². The van der Waals surface area contributed by atoms with Crippen LogP contribution in [-0.4, -0.2) is 9.55 Å². The SMILES string of the molecule is Cc1ccc(-c2nc3ccccc3n2CCC#N)cc1. The Hall–Kier alpha value is -2.60. The monoisotopic (exact) mass is 261 g/mol. The lowest BCUT2D eigenvalue weighted by atomic mass is 10.1. The molecule has 2 aromatic carbocycles. The Morgan fingerprint density at radius 3 is 2.60 bits per heavy atom. The lowest BCUT2D eigenvalue weighted by Crippen LogP contribution is -2.00. The second-order valence-corrected chi connectivity index (χ2v) is 4.85. The number of fused-ring (bicyclic) bond motifs is 1. The van der Waals surface area contributed by atoms with Gasteiger partial charge >= 0.3 is 0 Å². The second kappa shape index (κ2) is 5.18. The summed E-state index contributed by atoms with van der Waals surface area (Å²) in [6.45, 7) is 2.74. The Labute approximate surface area is 118 Å². The molecule has 0 aliphatic rings. The van der Waals surface area contributed by atoms with E-state index < -0.39 is 0 Å². The highest BCUT2D eigenvalue weighted by Crippen LogP contribution is 2.25. The van der Waals surface area contributed by atoms with Crippen LogP contribution in [-0.2, 0) is 6.54 Å². The Morgan fingerprint density at radius 2 is 1.85 bits per heavy atom. The van der Waals surface area contributed by atoms with Crippen molar-refractivity contribution < 1.29 is 0 Å². The summed E-state index contributed by atoms with van der Waals surface area (Å²) in [6, 6.07) is 18.6. The van der Waals surface area contributed by atoms with Gasteiger partial charge in [0, 0.05) is 12.1 Å². The largest absolute Gasteiger partial charge is 0.323 e. The van der Waals surface area contributed by atoms with Crippen LogP contribution in [0.15, 0.2) is 48.5 Å². The van der Waals surface area contributed by atoms with E-state index in [0.29, 0.717) is 13.0 Å². The first kappa shape index (κ1) is 12.4. The smallest absolute Gasteiger partial charge is 0.141 e. The number of aromatic nitrogens is 2. The van der Waals surface area contributed by atoms with E-state index in [4.69, 9.17) is 10.2 Å². The van der Waals surface area contributed by atoms with Crippen LogP contribution in [0.3, 0.4) is 0 Å². The number of benzene rings is 2. The van der Waals surface area contributed by atoms with Crippen molar-refractivity contribution in [1.29, 1.82) is 5.26 Å². The number of nitrogens with zero attached hydrogens (tertiary/aromatic N) is 3. The van der Waals surface area contributed by atoms with Gasteiger partial charge in [-0.2, -0.15) is 5.26 Å². The minimum atomic E-state index is 0.485. The molecule has 98 valence electrons. The molecule has 3 aromatic rings. The minimum absolute atomic E-state index is 0.485. The van der Waals surface area contributed by atoms with Crippen LogP contribution >= 0.6 is 0 Å². The molecule has 0 aliphatic heterocycles. The molecule has 0 fully saturated rings. The highest BCUT2D eigenvalue weighted by Gasteiger charge is 2.11. The van der Waals surface area contributed by atoms with Crippen LogP contribution in [0.4, 0.5) is 0 Å². The van der Waals surface area contributed by atoms with Crippen molar-refractivity contribution in [2.45, 2.75) is 19.9 Å². The van der Waals surface area contributed by atoms with Crippen molar-refractivity contribution in [1.82, 2.24) is 9.55 Å². The highest BCUT2D eigenvalue weighted by molar-refractivity contribution is 5.80. The summed E-state index contributed by atoms with van der Waals surface area (Å²) in [4.78, 5) is 4.72. The van der Waals surface area contributed by atoms with Gasteiger partial charge in [0.15, 0.2) is 0 Å². The quantitative estimate of drug-likeness (QED) is 0.717. The maximum atomic E-state index is 8.85. The van der Waals surface area contributed by atoms with E-state index in [1.165, 1.54) is 5.56 Å². The Kier molecular flexibility index (Phi) is 3.22. The van der Waals surface area contributed by atoms with Gasteiger partial charge in [-0.3, -0.25) is 0 Å². The summed E-state index contributed by atoms with van der Waals surface area (Å²) in [5.41, 5.74) is 4.37. The highest BCUT2D eigenvalue weighted by atomic mass is 15.1. The Balaban J connectivity index is 2.18. The zero-order valence-corrected chi connectivity index (χ0v) is 11.4. The lowest BCUT2D eigenvalue weighted by molar-refractivity contribution is 0.744. The van der Waals surface area contributed by atoms with Crippen molar-refractivity contribution in [3.05, 3.63) is 54.1 Å². The molecule has 0 N–H and O–H groups in total. The van der Waals surface area contributed by atoms with E-state index in [0.717, 1.165) is 22.4 Å². The molecule has 0 atom stereocenters. The lowest BCUT2D eigenvalue weighted by Gasteiger charge is -2.07. The summed E-state index contributed by atoms with van der Waals surface area (Å²) in [5.74, 6) is 0.932. The maximum absolute atomic E-state index is 8.85. The third-order valence-electron chi connectivity index (χ3n) is 3.41. The Bertz CT molecular complexity index is 776. The van der Waals surface area contributed by atoms with Crippen molar-refractivity contribution in [3.63, 3.8) is 0 Å². The van der Waals surface area contributed by atoms with Crippen molar-refractivity contribution in [3.8, 4) is 17.5 Å². The minimum Gasteiger partial charge on any atom is -0.323 e. The number of nitriles is 1. The normalized spacial score (nSPS) is 10.6. The van der Waals surface area contributed by atoms with Gasteiger partial charge < -0.3 is 4.57 Å². The van der Waals surface area contributed by atoms with E-state index in [1.807, 2.05) is 18.2 Å². The van der Waals surface area contributed by atoms with E-state index in [1.54, 1.807) is 0 Å². The van der Waals surface area contributed by atoms with Crippen LogP contribution in [0.5, 0.6) is 0 Å². The van der Waals surface area contributed by atoms with Gasteiger partial charge in [-0.25, -0.2) is 4.98 Å². The fraction of sp³-hybridized carbons (Fsp3) is 0.176. The van der Waals surface area contributed by atoms with Gasteiger partial charge in [-0.1, -0.05) is 42.0 Å². The van der Waals surface area contributed by atoms with E-state index >= 15 is 0 Å². The van der Waals surface area contributed by atoms with E-state index in [-0.39, 0.29) is 0 Å². The van der Waals surface area contributed by atoms with Crippen molar-refractivity contribution in [2.75, 3.05) is 0 Å². The zero-order chi connectivity index (χ0) is 13.9. The number of para-hydroxylation sites is 2. The molecule has 0 amide bonds. The molecule has 0 radical (unpaired) electrons. The third kappa shape index (κ3) is 2.17. The third-order valence-corrected chi connectivity index (χ3v) is 3.41. The standard InChI is InChI=1S/C17H15N3/c1-13-7-9-14(10-8-13)17-19-15-5-2-3-6-16(15)20(17)12-4-11-18/h2-3,5-10H,4,12H2,1H3. The average Bonchev–Trinajstić information content (AvgIpc) is 2.84. The number of hydrogen-bond donors (Lipinski definition) is 0. The predicted molar refractivity (Wildman–Crippen MR) is 80.1 cm³/mol. The molecule has 1 aromatic heterocycles. The molecule has 0 saturated carbocycles. The van der Waals surface area contributed by atoms with Crippen molar-refractivity contribution >= 4 is 11.0 Å². The fourth-order valence-corrected chi connectivity index (χ4v) is 2.39. The second-order valence-electron chi connectivity index (χ2n) is 4.85. The predicted octanol–water partition coefficient (Wildman–Crippen LogP) is 3.93. The van der Waals surface area contributed by atoms with Crippen LogP contribution in [0, 0.1) is 18.3 Å². The van der Waals surface area contributed by atoms with Gasteiger partial charge in [0.2, 0.25) is 0 Å². The molecule has 20 heavy (non-hydrogen) atoms. The first-order valence-corrected chi connectivity index (χ1v) is 6.69. The number of rotatable bonds is 3. The molecule has 0 spiro atoms. The summed E-state index contributed by atoms with van der Waals surface area (Å²) in [5, 5.41) is 8.85. The van der Waals surface area contributed by atoms with E-state index in [9.17, 15) is 0 Å². The van der Waals surface area contributed by atoms with Crippen molar-refractivity contribution in [2.24, 2.45) is 0 Å². The van der Waals surface area contributed by atoms with Crippen LogP contribution < -0.4 is 0 Å². The zero-order valence-electron chi connectivity index (χ0n) is 11.4. The summed E-state index contributed by atoms with van der Waals surface area (Å²) >= 11 is 0. The molecular formula is C17H15N3. The molecule has 0 aliphatic carbocycles. The molecule has 3 heteroatoms. The topological polar surface area (TPSA) is 41.6 Å². The fourth-order valence-electron chi connectivity index (χ4n) is 2.39. The van der Waals surface area contributed by atoms with Crippen LogP contribution in [0.2, 0.25) is 0 Å². The molecule has 1 heterocycles.